The fourth-order valence-electron chi connectivity index (χ4n) is 1.43. The molecule has 1 fully saturated rings. The van der Waals surface area contributed by atoms with Crippen molar-refractivity contribution in [2.75, 3.05) is 13.2 Å². The highest BCUT2D eigenvalue weighted by molar-refractivity contribution is 7.03. The quantitative estimate of drug-likeness (QED) is 0.779. The fourth-order valence-corrected chi connectivity index (χ4v) is 1.88. The SMILES string of the molecule is c1snnc1CNC[C@H]1CCCO1. The lowest BCUT2D eigenvalue weighted by Crippen LogP contribution is -2.25. The Bertz CT molecular complexity index is 234. The van der Waals surface area contributed by atoms with Crippen LogP contribution in [0.15, 0.2) is 5.38 Å². The number of hydrogen-bond acceptors (Lipinski definition) is 5. The maximum Gasteiger partial charge on any atom is 0.0893 e. The van der Waals surface area contributed by atoms with Gasteiger partial charge in [-0.15, -0.1) is 5.10 Å². The Morgan fingerprint density at radius 2 is 2.69 bits per heavy atom. The number of rotatable bonds is 4. The van der Waals surface area contributed by atoms with Gasteiger partial charge in [-0.3, -0.25) is 0 Å². The van der Waals surface area contributed by atoms with Crippen LogP contribution in [0.3, 0.4) is 0 Å². The normalized spacial score (nSPS) is 22.3. The molecule has 1 aliphatic rings. The summed E-state index contributed by atoms with van der Waals surface area (Å²) in [6.07, 6.45) is 2.79. The lowest BCUT2D eigenvalue weighted by molar-refractivity contribution is 0.110. The molecule has 1 aromatic heterocycles. The minimum Gasteiger partial charge on any atom is -0.377 e. The van der Waals surface area contributed by atoms with E-state index >= 15 is 0 Å². The monoisotopic (exact) mass is 199 g/mol. The van der Waals surface area contributed by atoms with Gasteiger partial charge in [0.1, 0.15) is 0 Å². The first-order chi connectivity index (χ1) is 6.45. The topological polar surface area (TPSA) is 47.0 Å². The summed E-state index contributed by atoms with van der Waals surface area (Å²) in [4.78, 5) is 0. The molecule has 1 aliphatic heterocycles. The molecule has 4 nitrogen and oxygen atoms in total. The Balaban J connectivity index is 1.63. The van der Waals surface area contributed by atoms with Crippen molar-refractivity contribution in [1.29, 1.82) is 0 Å². The first-order valence-corrected chi connectivity index (χ1v) is 5.37. The minimum atomic E-state index is 0.409. The summed E-state index contributed by atoms with van der Waals surface area (Å²) in [6.45, 7) is 2.65. The zero-order valence-electron chi connectivity index (χ0n) is 7.40. The van der Waals surface area contributed by atoms with Crippen LogP contribution >= 0.6 is 11.5 Å². The molecule has 2 rings (SSSR count). The van der Waals surface area contributed by atoms with Crippen LogP contribution in [0.2, 0.25) is 0 Å². The van der Waals surface area contributed by atoms with Gasteiger partial charge in [-0.05, 0) is 24.4 Å². The Morgan fingerprint density at radius 1 is 1.69 bits per heavy atom. The summed E-state index contributed by atoms with van der Waals surface area (Å²) < 4.78 is 9.27. The Hall–Kier alpha value is -0.520. The lowest BCUT2D eigenvalue weighted by atomic mass is 10.2. The number of nitrogens with zero attached hydrogens (tertiary/aromatic N) is 2. The van der Waals surface area contributed by atoms with Gasteiger partial charge in [-0.25, -0.2) is 0 Å². The van der Waals surface area contributed by atoms with Crippen molar-refractivity contribution in [3.63, 3.8) is 0 Å². The van der Waals surface area contributed by atoms with Crippen molar-refractivity contribution < 1.29 is 4.74 Å². The van der Waals surface area contributed by atoms with Crippen LogP contribution in [0.25, 0.3) is 0 Å². The molecule has 0 saturated carbocycles. The Morgan fingerprint density at radius 3 is 3.38 bits per heavy atom. The van der Waals surface area contributed by atoms with Gasteiger partial charge in [-0.2, -0.15) is 0 Å². The maximum atomic E-state index is 5.48. The first-order valence-electron chi connectivity index (χ1n) is 4.53. The predicted molar refractivity (Wildman–Crippen MR) is 50.6 cm³/mol. The van der Waals surface area contributed by atoms with Gasteiger partial charge in [-0.1, -0.05) is 4.49 Å². The average molecular weight is 199 g/mol. The van der Waals surface area contributed by atoms with E-state index in [0.29, 0.717) is 6.10 Å². The molecule has 1 aromatic rings. The smallest absolute Gasteiger partial charge is 0.0893 e. The second kappa shape index (κ2) is 4.64. The molecule has 0 aliphatic carbocycles. The lowest BCUT2D eigenvalue weighted by Gasteiger charge is -2.08. The second-order valence-corrected chi connectivity index (χ2v) is 3.77. The molecule has 1 saturated heterocycles. The third kappa shape index (κ3) is 2.72. The van der Waals surface area contributed by atoms with E-state index in [2.05, 4.69) is 14.9 Å². The highest BCUT2D eigenvalue weighted by Crippen LogP contribution is 2.10. The molecule has 0 aromatic carbocycles. The molecule has 0 amide bonds. The number of hydrogen-bond donors (Lipinski definition) is 1. The van der Waals surface area contributed by atoms with E-state index < -0.39 is 0 Å². The van der Waals surface area contributed by atoms with Crippen LogP contribution < -0.4 is 5.32 Å². The average Bonchev–Trinajstić information content (AvgIpc) is 2.75. The van der Waals surface area contributed by atoms with Crippen LogP contribution in [0.4, 0.5) is 0 Å². The predicted octanol–water partition coefficient (Wildman–Crippen LogP) is 0.807. The second-order valence-electron chi connectivity index (χ2n) is 3.16. The van der Waals surface area contributed by atoms with E-state index in [4.69, 9.17) is 4.74 Å². The third-order valence-electron chi connectivity index (χ3n) is 2.11. The third-order valence-corrected chi connectivity index (χ3v) is 2.66. The van der Waals surface area contributed by atoms with Gasteiger partial charge in [0.2, 0.25) is 0 Å². The van der Waals surface area contributed by atoms with Gasteiger partial charge >= 0.3 is 0 Å². The summed E-state index contributed by atoms with van der Waals surface area (Å²) in [6, 6.07) is 0. The molecule has 0 spiro atoms. The largest absolute Gasteiger partial charge is 0.377 e. The van der Waals surface area contributed by atoms with Crippen LogP contribution in [0.1, 0.15) is 18.5 Å². The molecule has 13 heavy (non-hydrogen) atoms. The minimum absolute atomic E-state index is 0.409. The molecule has 1 N–H and O–H groups in total. The molecule has 0 radical (unpaired) electrons. The highest BCUT2D eigenvalue weighted by Gasteiger charge is 2.14. The van der Waals surface area contributed by atoms with Crippen molar-refractivity contribution in [3.8, 4) is 0 Å². The number of ether oxygens (including phenoxy) is 1. The summed E-state index contributed by atoms with van der Waals surface area (Å²) in [7, 11) is 0. The van der Waals surface area contributed by atoms with Crippen molar-refractivity contribution in [1.82, 2.24) is 14.9 Å². The van der Waals surface area contributed by atoms with Crippen molar-refractivity contribution >= 4 is 11.5 Å². The fraction of sp³-hybridized carbons (Fsp3) is 0.750. The van der Waals surface area contributed by atoms with E-state index in [9.17, 15) is 0 Å². The zero-order chi connectivity index (χ0) is 8.93. The van der Waals surface area contributed by atoms with E-state index in [1.165, 1.54) is 24.4 Å². The van der Waals surface area contributed by atoms with Crippen molar-refractivity contribution in [2.45, 2.75) is 25.5 Å². The first kappa shape index (κ1) is 9.05. The molecule has 5 heteroatoms. The van der Waals surface area contributed by atoms with Crippen LogP contribution in [0.5, 0.6) is 0 Å². The van der Waals surface area contributed by atoms with Crippen molar-refractivity contribution in [2.24, 2.45) is 0 Å². The van der Waals surface area contributed by atoms with Crippen LogP contribution in [-0.2, 0) is 11.3 Å². The molecule has 72 valence electrons. The summed E-state index contributed by atoms with van der Waals surface area (Å²) in [5, 5.41) is 9.22. The van der Waals surface area contributed by atoms with E-state index in [0.717, 1.165) is 25.4 Å². The van der Waals surface area contributed by atoms with E-state index in [-0.39, 0.29) is 0 Å². The molecule has 0 bridgehead atoms. The van der Waals surface area contributed by atoms with Crippen LogP contribution in [-0.4, -0.2) is 28.8 Å². The maximum absolute atomic E-state index is 5.48. The Kier molecular flexibility index (Phi) is 3.23. The molecular formula is C8H13N3OS. The van der Waals surface area contributed by atoms with Gasteiger partial charge in [0, 0.05) is 25.1 Å². The number of nitrogens with one attached hydrogen (secondary N) is 1. The standard InChI is InChI=1S/C8H13N3OS/c1-2-8(12-3-1)5-9-4-7-6-13-11-10-7/h6,8-9H,1-5H2/t8-/m1/s1. The molecule has 2 heterocycles. The van der Waals surface area contributed by atoms with E-state index in [1.54, 1.807) is 0 Å². The van der Waals surface area contributed by atoms with E-state index in [1.807, 2.05) is 5.38 Å². The molecule has 1 atom stereocenters. The zero-order valence-corrected chi connectivity index (χ0v) is 8.22. The van der Waals surface area contributed by atoms with Crippen molar-refractivity contribution in [3.05, 3.63) is 11.1 Å². The summed E-state index contributed by atoms with van der Waals surface area (Å²) >= 11 is 1.39. The number of aromatic nitrogens is 2. The summed E-state index contributed by atoms with van der Waals surface area (Å²) in [5.74, 6) is 0. The molecule has 0 unspecified atom stereocenters. The highest BCUT2D eigenvalue weighted by atomic mass is 32.1. The van der Waals surface area contributed by atoms with Gasteiger partial charge in [0.25, 0.3) is 0 Å². The van der Waals surface area contributed by atoms with Crippen LogP contribution in [0, 0.1) is 0 Å². The van der Waals surface area contributed by atoms with Gasteiger partial charge in [0.05, 0.1) is 11.8 Å². The Labute approximate surface area is 81.5 Å². The van der Waals surface area contributed by atoms with Gasteiger partial charge in [0.15, 0.2) is 0 Å². The molecular weight excluding hydrogens is 186 g/mol. The summed E-state index contributed by atoms with van der Waals surface area (Å²) in [5.41, 5.74) is 1.02. The van der Waals surface area contributed by atoms with Gasteiger partial charge < -0.3 is 10.1 Å².